The summed E-state index contributed by atoms with van der Waals surface area (Å²) < 4.78 is 11.9. The molecule has 6 heteroatoms. The fraction of sp³-hybridized carbons (Fsp3) is 0.435. The zero-order valence-electron chi connectivity index (χ0n) is 16.0. The Hall–Kier alpha value is -1.59. The Balaban J connectivity index is 1.49. The smallest absolute Gasteiger partial charge is 0.149 e. The second-order valence-corrected chi connectivity index (χ2v) is 9.00. The van der Waals surface area contributed by atoms with Gasteiger partial charge in [-0.2, -0.15) is 0 Å². The van der Waals surface area contributed by atoms with Crippen molar-refractivity contribution in [2.75, 3.05) is 0 Å². The molecule has 2 aromatic rings. The molecule has 2 bridgehead atoms. The van der Waals surface area contributed by atoms with E-state index in [9.17, 15) is 9.90 Å². The van der Waals surface area contributed by atoms with Crippen LogP contribution in [0.2, 0.25) is 10.0 Å². The number of hydrogen-bond donors (Lipinski definition) is 1. The molecule has 6 unspecified atom stereocenters. The molecule has 152 valence electrons. The fourth-order valence-electron chi connectivity index (χ4n) is 5.39. The van der Waals surface area contributed by atoms with E-state index in [1.165, 1.54) is 0 Å². The van der Waals surface area contributed by atoms with E-state index in [1.807, 2.05) is 18.2 Å². The highest BCUT2D eigenvalue weighted by molar-refractivity contribution is 6.35. The lowest BCUT2D eigenvalue weighted by molar-refractivity contribution is -0.124. The Morgan fingerprint density at radius 1 is 1.14 bits per heavy atom. The van der Waals surface area contributed by atoms with Gasteiger partial charge in [0.05, 0.1) is 35.2 Å². The molecular formula is C23H22Cl2O4. The van der Waals surface area contributed by atoms with Gasteiger partial charge in [0.2, 0.25) is 0 Å². The number of ether oxygens (including phenoxy) is 2. The third-order valence-corrected chi connectivity index (χ3v) is 7.19. The molecule has 0 spiro atoms. The molecule has 6 atom stereocenters. The number of carbonyl (C=O) groups is 1. The van der Waals surface area contributed by atoms with Gasteiger partial charge in [-0.15, -0.1) is 0 Å². The first-order valence-corrected chi connectivity index (χ1v) is 10.9. The maximum Gasteiger partial charge on any atom is 0.149 e. The van der Waals surface area contributed by atoms with Crippen LogP contribution in [-0.2, 0) is 16.0 Å². The number of fused-ring (bicyclic) bond motifs is 5. The van der Waals surface area contributed by atoms with E-state index in [1.54, 1.807) is 18.2 Å². The molecule has 0 radical (unpaired) electrons. The fourth-order valence-corrected chi connectivity index (χ4v) is 5.84. The largest absolute Gasteiger partial charge is 0.456 e. The summed E-state index contributed by atoms with van der Waals surface area (Å²) in [6, 6.07) is 10.8. The number of aliphatic hydroxyl groups is 1. The lowest BCUT2D eigenvalue weighted by Gasteiger charge is -2.24. The molecule has 1 saturated carbocycles. The molecule has 29 heavy (non-hydrogen) atoms. The molecular weight excluding hydrogens is 411 g/mol. The second kappa shape index (κ2) is 7.28. The van der Waals surface area contributed by atoms with Crippen LogP contribution < -0.4 is 4.74 Å². The minimum absolute atomic E-state index is 0.00586. The standard InChI is InChI=1S/C23H22Cl2O4/c1-2-11-3-5-13(28-16-6-4-12(24)9-15(16)25)10-14(11)19-22(26)20-17-7-8-18(29-17)21(20)23(19)27/h3-6,9-10,17-22,26H,2,7-8H2,1H3. The van der Waals surface area contributed by atoms with E-state index >= 15 is 0 Å². The first kappa shape index (κ1) is 19.4. The van der Waals surface area contributed by atoms with Gasteiger partial charge in [-0.3, -0.25) is 4.79 Å². The van der Waals surface area contributed by atoms with E-state index in [0.717, 1.165) is 30.4 Å². The third-order valence-electron chi connectivity index (χ3n) is 6.66. The minimum Gasteiger partial charge on any atom is -0.456 e. The van der Waals surface area contributed by atoms with Crippen LogP contribution in [0.1, 0.15) is 36.8 Å². The minimum atomic E-state index is -0.720. The van der Waals surface area contributed by atoms with Gasteiger partial charge in [-0.05, 0) is 60.7 Å². The Bertz CT molecular complexity index is 975. The number of rotatable bonds is 4. The predicted octanol–water partition coefficient (Wildman–Crippen LogP) is 5.17. The molecule has 3 fully saturated rings. The van der Waals surface area contributed by atoms with Crippen molar-refractivity contribution in [3.8, 4) is 11.5 Å². The predicted molar refractivity (Wildman–Crippen MR) is 111 cm³/mol. The third kappa shape index (κ3) is 3.09. The van der Waals surface area contributed by atoms with Gasteiger partial charge in [0, 0.05) is 10.9 Å². The average Bonchev–Trinajstić information content (AvgIpc) is 3.38. The lowest BCUT2D eigenvalue weighted by atomic mass is 9.81. The molecule has 5 rings (SSSR count). The quantitative estimate of drug-likeness (QED) is 0.723. The molecule has 1 N–H and O–H groups in total. The molecule has 4 nitrogen and oxygen atoms in total. The van der Waals surface area contributed by atoms with Gasteiger partial charge in [-0.1, -0.05) is 36.2 Å². The summed E-state index contributed by atoms with van der Waals surface area (Å²) in [5.41, 5.74) is 1.89. The van der Waals surface area contributed by atoms with Gasteiger partial charge >= 0.3 is 0 Å². The van der Waals surface area contributed by atoms with Crippen molar-refractivity contribution in [1.82, 2.24) is 0 Å². The van der Waals surface area contributed by atoms with Crippen LogP contribution in [-0.4, -0.2) is 29.2 Å². The number of Topliss-reactive ketones (excluding diaryl/α,β-unsaturated/α-hetero) is 1. The van der Waals surface area contributed by atoms with Gasteiger partial charge in [0.15, 0.2) is 0 Å². The number of carbonyl (C=O) groups excluding carboxylic acids is 1. The topological polar surface area (TPSA) is 55.8 Å². The van der Waals surface area contributed by atoms with Crippen LogP contribution in [0.3, 0.4) is 0 Å². The lowest BCUT2D eigenvalue weighted by Crippen LogP contribution is -2.31. The van der Waals surface area contributed by atoms with E-state index in [4.69, 9.17) is 32.7 Å². The summed E-state index contributed by atoms with van der Waals surface area (Å²) in [7, 11) is 0. The van der Waals surface area contributed by atoms with E-state index in [0.29, 0.717) is 21.5 Å². The van der Waals surface area contributed by atoms with Crippen molar-refractivity contribution in [3.63, 3.8) is 0 Å². The van der Waals surface area contributed by atoms with Gasteiger partial charge in [0.25, 0.3) is 0 Å². The van der Waals surface area contributed by atoms with Crippen LogP contribution >= 0.6 is 23.2 Å². The maximum atomic E-state index is 13.3. The Labute approximate surface area is 179 Å². The molecule has 2 saturated heterocycles. The van der Waals surface area contributed by atoms with E-state index < -0.39 is 12.0 Å². The highest BCUT2D eigenvalue weighted by Gasteiger charge is 2.62. The molecule has 2 aromatic carbocycles. The second-order valence-electron chi connectivity index (χ2n) is 8.16. The van der Waals surface area contributed by atoms with Crippen LogP contribution in [0.15, 0.2) is 36.4 Å². The summed E-state index contributed by atoms with van der Waals surface area (Å²) in [5, 5.41) is 12.1. The Kier molecular flexibility index (Phi) is 4.86. The number of halogens is 2. The van der Waals surface area contributed by atoms with Crippen molar-refractivity contribution in [2.45, 2.75) is 50.4 Å². The number of aryl methyl sites for hydroxylation is 1. The number of aliphatic hydroxyl groups excluding tert-OH is 1. The summed E-state index contributed by atoms with van der Waals surface area (Å²) >= 11 is 12.2. The van der Waals surface area contributed by atoms with Crippen LogP contribution in [0, 0.1) is 11.8 Å². The number of hydrogen-bond acceptors (Lipinski definition) is 4. The molecule has 3 aliphatic rings. The van der Waals surface area contributed by atoms with E-state index in [2.05, 4.69) is 6.92 Å². The highest BCUT2D eigenvalue weighted by atomic mass is 35.5. The van der Waals surface area contributed by atoms with Crippen molar-refractivity contribution < 1.29 is 19.4 Å². The zero-order valence-corrected chi connectivity index (χ0v) is 17.5. The van der Waals surface area contributed by atoms with Crippen LogP contribution in [0.4, 0.5) is 0 Å². The van der Waals surface area contributed by atoms with Crippen molar-refractivity contribution in [3.05, 3.63) is 57.6 Å². The molecule has 2 heterocycles. The number of benzene rings is 2. The first-order chi connectivity index (χ1) is 14.0. The summed E-state index contributed by atoms with van der Waals surface area (Å²) in [6.07, 6.45) is 1.87. The monoisotopic (exact) mass is 432 g/mol. The van der Waals surface area contributed by atoms with Crippen LogP contribution in [0.25, 0.3) is 0 Å². The first-order valence-electron chi connectivity index (χ1n) is 10.1. The van der Waals surface area contributed by atoms with E-state index in [-0.39, 0.29) is 29.8 Å². The SMILES string of the molecule is CCc1ccc(Oc2ccc(Cl)cc2Cl)cc1C1C(=O)C2C3CCC(O3)C2C1O. The summed E-state index contributed by atoms with van der Waals surface area (Å²) in [6.45, 7) is 2.05. The molecule has 0 aromatic heterocycles. The average molecular weight is 433 g/mol. The van der Waals surface area contributed by atoms with Gasteiger partial charge in [0.1, 0.15) is 17.3 Å². The summed E-state index contributed by atoms with van der Waals surface area (Å²) in [4.78, 5) is 13.3. The highest BCUT2D eigenvalue weighted by Crippen LogP contribution is 2.54. The zero-order chi connectivity index (χ0) is 20.3. The van der Waals surface area contributed by atoms with Crippen LogP contribution in [0.5, 0.6) is 11.5 Å². The molecule has 0 amide bonds. The normalized spacial score (nSPS) is 32.6. The van der Waals surface area contributed by atoms with Crippen molar-refractivity contribution in [1.29, 1.82) is 0 Å². The number of ketones is 1. The van der Waals surface area contributed by atoms with Gasteiger partial charge < -0.3 is 14.6 Å². The Morgan fingerprint density at radius 2 is 1.93 bits per heavy atom. The molecule has 1 aliphatic carbocycles. The Morgan fingerprint density at radius 3 is 2.66 bits per heavy atom. The van der Waals surface area contributed by atoms with Gasteiger partial charge in [-0.25, -0.2) is 0 Å². The maximum absolute atomic E-state index is 13.3. The molecule has 2 aliphatic heterocycles. The van der Waals surface area contributed by atoms with Crippen molar-refractivity contribution >= 4 is 29.0 Å². The van der Waals surface area contributed by atoms with Crippen molar-refractivity contribution in [2.24, 2.45) is 11.8 Å². The summed E-state index contributed by atoms with van der Waals surface area (Å²) in [5.74, 6) is 0.368.